The Morgan fingerprint density at radius 2 is 1.66 bits per heavy atom. The number of pyridine rings is 1. The number of halogens is 3. The molecule has 0 aliphatic rings. The van der Waals surface area contributed by atoms with Crippen molar-refractivity contribution in [2.24, 2.45) is 7.05 Å². The number of benzene rings is 1. The Morgan fingerprint density at radius 1 is 1.03 bits per heavy atom. The summed E-state index contributed by atoms with van der Waals surface area (Å²) < 4.78 is 65.3. The second-order valence-corrected chi connectivity index (χ2v) is 7.82. The van der Waals surface area contributed by atoms with Crippen LogP contribution in [0.15, 0.2) is 27.4 Å². The largest absolute Gasteiger partial charge is 0.493 e. The van der Waals surface area contributed by atoms with Crippen molar-refractivity contribution in [3.8, 4) is 28.7 Å². The van der Waals surface area contributed by atoms with E-state index in [2.05, 4.69) is 10.1 Å². The number of ether oxygens (including phenoxy) is 3. The van der Waals surface area contributed by atoms with Crippen molar-refractivity contribution in [3.05, 3.63) is 51.3 Å². The molecule has 0 atom stereocenters. The zero-order chi connectivity index (χ0) is 25.7. The SMILES string of the molecule is COc1cc(-c2nc(Cn3c(=O)cc(C(F)(F)F)c4c(C)nn(C)c43)c(C)o2)cc(OC)c1OC. The van der Waals surface area contributed by atoms with E-state index in [1.165, 1.54) is 44.5 Å². The first kappa shape index (κ1) is 24.2. The van der Waals surface area contributed by atoms with Crippen LogP contribution in [0.4, 0.5) is 13.2 Å². The van der Waals surface area contributed by atoms with Crippen LogP contribution in [0.2, 0.25) is 0 Å². The minimum absolute atomic E-state index is 0.0408. The fourth-order valence-electron chi connectivity index (χ4n) is 4.08. The number of nitrogens with zero attached hydrogens (tertiary/aromatic N) is 4. The Hall–Kier alpha value is -3.96. The Kier molecular flexibility index (Phi) is 5.99. The number of hydrogen-bond acceptors (Lipinski definition) is 7. The van der Waals surface area contributed by atoms with E-state index in [4.69, 9.17) is 18.6 Å². The number of rotatable bonds is 6. The lowest BCUT2D eigenvalue weighted by atomic mass is 10.1. The topological polar surface area (TPSA) is 93.5 Å². The third-order valence-corrected chi connectivity index (χ3v) is 5.67. The van der Waals surface area contributed by atoms with Gasteiger partial charge in [-0.25, -0.2) is 4.98 Å². The zero-order valence-electron chi connectivity index (χ0n) is 19.9. The fraction of sp³-hybridized carbons (Fsp3) is 0.348. The second-order valence-electron chi connectivity index (χ2n) is 7.82. The van der Waals surface area contributed by atoms with E-state index < -0.39 is 17.3 Å². The van der Waals surface area contributed by atoms with Crippen LogP contribution in [0.5, 0.6) is 17.2 Å². The molecule has 3 heterocycles. The van der Waals surface area contributed by atoms with Gasteiger partial charge < -0.3 is 18.6 Å². The molecule has 4 aromatic rings. The molecule has 0 N–H and O–H groups in total. The van der Waals surface area contributed by atoms with E-state index in [9.17, 15) is 18.0 Å². The average Bonchev–Trinajstić information content (AvgIpc) is 3.31. The van der Waals surface area contributed by atoms with Gasteiger partial charge in [-0.05, 0) is 26.0 Å². The van der Waals surface area contributed by atoms with Crippen LogP contribution in [-0.2, 0) is 19.8 Å². The first-order valence-electron chi connectivity index (χ1n) is 10.4. The first-order chi connectivity index (χ1) is 16.5. The Labute approximate surface area is 197 Å². The summed E-state index contributed by atoms with van der Waals surface area (Å²) in [4.78, 5) is 17.3. The second kappa shape index (κ2) is 8.67. The van der Waals surface area contributed by atoms with Crippen LogP contribution >= 0.6 is 0 Å². The summed E-state index contributed by atoms with van der Waals surface area (Å²) in [6.45, 7) is 3.01. The number of methoxy groups -OCH3 is 3. The predicted molar refractivity (Wildman–Crippen MR) is 120 cm³/mol. The molecule has 4 rings (SSSR count). The lowest BCUT2D eigenvalue weighted by Gasteiger charge is -2.13. The highest BCUT2D eigenvalue weighted by molar-refractivity contribution is 5.83. The summed E-state index contributed by atoms with van der Waals surface area (Å²) in [6, 6.07) is 3.90. The highest BCUT2D eigenvalue weighted by atomic mass is 19.4. The molecule has 0 radical (unpaired) electrons. The van der Waals surface area contributed by atoms with Crippen molar-refractivity contribution < 1.29 is 31.8 Å². The molecule has 186 valence electrons. The molecule has 0 bridgehead atoms. The number of oxazole rings is 1. The van der Waals surface area contributed by atoms with E-state index in [1.807, 2.05) is 0 Å². The number of fused-ring (bicyclic) bond motifs is 1. The molecule has 0 aliphatic heterocycles. The first-order valence-corrected chi connectivity index (χ1v) is 10.4. The number of hydrogen-bond donors (Lipinski definition) is 0. The number of aromatic nitrogens is 4. The molecule has 9 nitrogen and oxygen atoms in total. The molecule has 0 spiro atoms. The smallest absolute Gasteiger partial charge is 0.417 e. The minimum Gasteiger partial charge on any atom is -0.493 e. The molecule has 0 amide bonds. The highest BCUT2D eigenvalue weighted by Crippen LogP contribution is 2.41. The van der Waals surface area contributed by atoms with Gasteiger partial charge in [0.1, 0.15) is 17.1 Å². The van der Waals surface area contributed by atoms with Crippen molar-refractivity contribution in [1.29, 1.82) is 0 Å². The summed E-state index contributed by atoms with van der Waals surface area (Å²) in [5, 5.41) is 3.98. The van der Waals surface area contributed by atoms with Gasteiger partial charge >= 0.3 is 6.18 Å². The molecule has 1 aromatic carbocycles. The van der Waals surface area contributed by atoms with Gasteiger partial charge in [-0.1, -0.05) is 0 Å². The predicted octanol–water partition coefficient (Wildman–Crippen LogP) is 4.10. The van der Waals surface area contributed by atoms with Gasteiger partial charge in [0.2, 0.25) is 11.6 Å². The van der Waals surface area contributed by atoms with Gasteiger partial charge in [0, 0.05) is 18.7 Å². The molecule has 0 saturated heterocycles. The Morgan fingerprint density at radius 3 is 2.20 bits per heavy atom. The molecule has 0 saturated carbocycles. The van der Waals surface area contributed by atoms with Gasteiger partial charge in [-0.3, -0.25) is 14.0 Å². The Bertz CT molecular complexity index is 1460. The molecule has 35 heavy (non-hydrogen) atoms. The maximum absolute atomic E-state index is 13.6. The van der Waals surface area contributed by atoms with Crippen LogP contribution < -0.4 is 19.8 Å². The van der Waals surface area contributed by atoms with Gasteiger partial charge in [0.15, 0.2) is 11.5 Å². The van der Waals surface area contributed by atoms with Crippen LogP contribution in [-0.4, -0.2) is 40.7 Å². The summed E-state index contributed by atoms with van der Waals surface area (Å²) in [6.07, 6.45) is -4.70. The van der Waals surface area contributed by atoms with Crippen molar-refractivity contribution in [2.75, 3.05) is 21.3 Å². The lowest BCUT2D eigenvalue weighted by molar-refractivity contribution is -0.136. The minimum atomic E-state index is -4.70. The molecule has 0 aliphatic carbocycles. The van der Waals surface area contributed by atoms with Crippen LogP contribution in [0.25, 0.3) is 22.5 Å². The van der Waals surface area contributed by atoms with Crippen molar-refractivity contribution >= 4 is 11.0 Å². The average molecular weight is 492 g/mol. The molecule has 12 heteroatoms. The molecule has 0 fully saturated rings. The summed E-state index contributed by atoms with van der Waals surface area (Å²) in [5.41, 5.74) is -0.748. The van der Waals surface area contributed by atoms with Crippen molar-refractivity contribution in [1.82, 2.24) is 19.3 Å². The summed E-state index contributed by atoms with van der Waals surface area (Å²) >= 11 is 0. The van der Waals surface area contributed by atoms with Gasteiger partial charge in [-0.15, -0.1) is 0 Å². The highest BCUT2D eigenvalue weighted by Gasteiger charge is 2.36. The van der Waals surface area contributed by atoms with Crippen LogP contribution in [0, 0.1) is 13.8 Å². The maximum atomic E-state index is 13.6. The lowest BCUT2D eigenvalue weighted by Crippen LogP contribution is -2.25. The maximum Gasteiger partial charge on any atom is 0.417 e. The third kappa shape index (κ3) is 4.08. The van der Waals surface area contributed by atoms with E-state index in [0.717, 1.165) is 0 Å². The van der Waals surface area contributed by atoms with Crippen LogP contribution in [0.1, 0.15) is 22.7 Å². The molecule has 3 aromatic heterocycles. The van der Waals surface area contributed by atoms with E-state index >= 15 is 0 Å². The molecule has 0 unspecified atom stereocenters. The standard InChI is InChI=1S/C23H23F3N4O5/c1-11-19-14(23(24,25)26)9-18(31)30(22(19)29(3)28-11)10-15-12(2)35-21(27-15)13-7-16(32-4)20(34-6)17(8-13)33-5/h7-9H,10H2,1-6H3. The fourth-order valence-corrected chi connectivity index (χ4v) is 4.08. The van der Waals surface area contributed by atoms with Crippen molar-refractivity contribution in [2.45, 2.75) is 26.6 Å². The molecular formula is C23H23F3N4O5. The van der Waals surface area contributed by atoms with Crippen LogP contribution in [0.3, 0.4) is 0 Å². The normalized spacial score (nSPS) is 11.8. The Balaban J connectivity index is 1.84. The van der Waals surface area contributed by atoms with E-state index in [0.29, 0.717) is 40.3 Å². The molecular weight excluding hydrogens is 469 g/mol. The van der Waals surface area contributed by atoms with Gasteiger partial charge in [-0.2, -0.15) is 18.3 Å². The van der Waals surface area contributed by atoms with E-state index in [1.54, 1.807) is 19.1 Å². The third-order valence-electron chi connectivity index (χ3n) is 5.67. The zero-order valence-corrected chi connectivity index (χ0v) is 19.9. The quantitative estimate of drug-likeness (QED) is 0.400. The summed E-state index contributed by atoms with van der Waals surface area (Å²) in [7, 11) is 5.93. The monoisotopic (exact) mass is 492 g/mol. The van der Waals surface area contributed by atoms with Gasteiger partial charge in [0.25, 0.3) is 5.56 Å². The van der Waals surface area contributed by atoms with E-state index in [-0.39, 0.29) is 29.2 Å². The van der Waals surface area contributed by atoms with Gasteiger partial charge in [0.05, 0.1) is 44.5 Å². The summed E-state index contributed by atoms with van der Waals surface area (Å²) in [5.74, 6) is 1.80. The number of alkyl halides is 3. The van der Waals surface area contributed by atoms with Crippen molar-refractivity contribution in [3.63, 3.8) is 0 Å². The number of aryl methyl sites for hydroxylation is 3.